The molecule has 0 unspecified atom stereocenters. The van der Waals surface area contributed by atoms with Crippen LogP contribution in [-0.2, 0) is 10.3 Å². The largest absolute Gasteiger partial charge is 0.508 e. The monoisotopic (exact) mass is 576 g/mol. The fourth-order valence-electron chi connectivity index (χ4n) is 4.96. The van der Waals surface area contributed by atoms with Crippen molar-refractivity contribution in [3.63, 3.8) is 0 Å². The van der Waals surface area contributed by atoms with E-state index in [9.17, 15) is 15.0 Å². The van der Waals surface area contributed by atoms with Gasteiger partial charge >= 0.3 is 5.97 Å². The van der Waals surface area contributed by atoms with Gasteiger partial charge in [0.15, 0.2) is 11.6 Å². The number of rotatable bonds is 1. The van der Waals surface area contributed by atoms with Gasteiger partial charge in [-0.05, 0) is 42.5 Å². The van der Waals surface area contributed by atoms with E-state index in [2.05, 4.69) is 15.6 Å². The van der Waals surface area contributed by atoms with Crippen LogP contribution in [0, 0.1) is 0 Å². The summed E-state index contributed by atoms with van der Waals surface area (Å²) in [4.78, 5) is 16.8. The number of phenolic OH excluding ortho intramolecular Hbond substituents is 2. The van der Waals surface area contributed by atoms with Gasteiger partial charge in [0.05, 0.1) is 15.6 Å². The minimum absolute atomic E-state index is 0.0371. The number of carbonyl (C=O) groups is 1. The molecule has 1 spiro atoms. The van der Waals surface area contributed by atoms with Gasteiger partial charge in [-0.2, -0.15) is 0 Å². The van der Waals surface area contributed by atoms with Crippen molar-refractivity contribution in [3.05, 3.63) is 105 Å². The molecule has 4 aromatic rings. The topological polar surface area (TPSA) is 138 Å². The second-order valence-corrected chi connectivity index (χ2v) is 10.0. The summed E-state index contributed by atoms with van der Waals surface area (Å²) < 4.78 is 11.8. The van der Waals surface area contributed by atoms with Crippen molar-refractivity contribution in [2.75, 3.05) is 18.8 Å². The lowest BCUT2D eigenvalue weighted by molar-refractivity contribution is 0.0224. The number of hydrogen-bond donors (Lipinski definition) is 5. The molecule has 6 N–H and O–H groups in total. The number of fused-ring (bicyclic) bond motifs is 6. The van der Waals surface area contributed by atoms with Crippen molar-refractivity contribution >= 4 is 46.5 Å². The Morgan fingerprint density at radius 3 is 2.00 bits per heavy atom. The third-order valence-corrected chi connectivity index (χ3v) is 7.23. The lowest BCUT2D eigenvalue weighted by Crippen LogP contribution is -2.32. The average Bonchev–Trinajstić information content (AvgIpc) is 3.53. The van der Waals surface area contributed by atoms with Crippen molar-refractivity contribution in [2.45, 2.75) is 5.60 Å². The Bertz CT molecular complexity index is 1630. The van der Waals surface area contributed by atoms with Crippen molar-refractivity contribution in [1.82, 2.24) is 10.6 Å². The van der Waals surface area contributed by atoms with Crippen LogP contribution in [0.3, 0.4) is 0 Å². The Morgan fingerprint density at radius 1 is 0.825 bits per heavy atom. The number of aromatic hydroxyl groups is 2. The molecule has 202 valence electrons. The van der Waals surface area contributed by atoms with Crippen LogP contribution in [0.25, 0.3) is 0 Å². The van der Waals surface area contributed by atoms with Gasteiger partial charge in [-0.15, -0.1) is 0 Å². The Labute approximate surface area is 238 Å². The Balaban J connectivity index is 0.000000165. The second-order valence-electron chi connectivity index (χ2n) is 9.23. The van der Waals surface area contributed by atoms with Crippen LogP contribution in [-0.4, -0.2) is 35.2 Å². The fourth-order valence-corrected chi connectivity index (χ4v) is 5.55. The number of benzene rings is 4. The van der Waals surface area contributed by atoms with Gasteiger partial charge in [0.2, 0.25) is 0 Å². The van der Waals surface area contributed by atoms with E-state index in [1.807, 2.05) is 12.1 Å². The standard InChI is InChI=1S/C20H12O5.C9H10Cl2N4/c21-11-5-7-15-17(9-11)24-18-10-12(22)6-8-16(18)20(15)14-4-2-1-3-13(14)19(23)25-20;10-6-3-5(12)4-7(11)8(6)15-9-13-1-2-14-9/h1-10,21-22H;3-4H,1-2,12H2,(H2,13,14,15). The summed E-state index contributed by atoms with van der Waals surface area (Å²) in [7, 11) is 0. The molecule has 0 atom stereocenters. The number of aliphatic imine (C=N–C) groups is 1. The van der Waals surface area contributed by atoms with E-state index >= 15 is 0 Å². The zero-order chi connectivity index (χ0) is 28.0. The Kier molecular flexibility index (Phi) is 6.32. The zero-order valence-corrected chi connectivity index (χ0v) is 22.3. The third-order valence-electron chi connectivity index (χ3n) is 6.65. The van der Waals surface area contributed by atoms with Gasteiger partial charge in [-0.3, -0.25) is 0 Å². The maximum absolute atomic E-state index is 12.5. The molecule has 9 nitrogen and oxygen atoms in total. The highest BCUT2D eigenvalue weighted by molar-refractivity contribution is 6.39. The zero-order valence-electron chi connectivity index (χ0n) is 20.7. The lowest BCUT2D eigenvalue weighted by atomic mass is 9.77. The first-order valence-corrected chi connectivity index (χ1v) is 13.0. The number of anilines is 1. The first kappa shape index (κ1) is 25.7. The number of nitrogens with two attached hydrogens (primary N) is 1. The molecule has 3 aliphatic heterocycles. The molecule has 7 rings (SSSR count). The summed E-state index contributed by atoms with van der Waals surface area (Å²) in [6, 6.07) is 19.8. The molecule has 0 radical (unpaired) electrons. The number of carbonyl (C=O) groups excluding carboxylic acids is 1. The molecule has 3 aliphatic rings. The molecular formula is C29H22Cl2N4O5. The van der Waals surface area contributed by atoms with Crippen LogP contribution >= 0.6 is 23.2 Å². The highest BCUT2D eigenvalue weighted by atomic mass is 35.5. The van der Waals surface area contributed by atoms with Crippen LogP contribution in [0.2, 0.25) is 10.0 Å². The minimum Gasteiger partial charge on any atom is -0.508 e. The van der Waals surface area contributed by atoms with E-state index in [0.717, 1.165) is 13.1 Å². The van der Waals surface area contributed by atoms with E-state index in [-0.39, 0.29) is 11.5 Å². The molecule has 3 heterocycles. The highest BCUT2D eigenvalue weighted by Gasteiger charge is 2.53. The quantitative estimate of drug-likeness (QED) is 0.149. The molecule has 0 saturated carbocycles. The maximum Gasteiger partial charge on any atom is 0.340 e. The van der Waals surface area contributed by atoms with E-state index in [1.54, 1.807) is 36.4 Å². The smallest absolute Gasteiger partial charge is 0.340 e. The minimum atomic E-state index is -1.17. The first-order valence-electron chi connectivity index (χ1n) is 12.2. The predicted molar refractivity (Wildman–Crippen MR) is 152 cm³/mol. The summed E-state index contributed by atoms with van der Waals surface area (Å²) in [6.45, 7) is 1.70. The number of ether oxygens (including phenoxy) is 2. The number of esters is 1. The van der Waals surface area contributed by atoms with E-state index < -0.39 is 11.6 Å². The average molecular weight is 577 g/mol. The number of halogens is 2. The van der Waals surface area contributed by atoms with Gasteiger partial charge < -0.3 is 36.1 Å². The van der Waals surface area contributed by atoms with Crippen molar-refractivity contribution in [3.8, 4) is 23.0 Å². The van der Waals surface area contributed by atoms with Crippen molar-refractivity contribution in [2.24, 2.45) is 4.99 Å². The van der Waals surface area contributed by atoms with Gasteiger partial charge in [-0.25, -0.2) is 9.79 Å². The van der Waals surface area contributed by atoms with Crippen molar-refractivity contribution in [1.29, 1.82) is 0 Å². The highest BCUT2D eigenvalue weighted by Crippen LogP contribution is 2.56. The molecule has 4 aromatic carbocycles. The van der Waals surface area contributed by atoms with Gasteiger partial charge in [0.25, 0.3) is 0 Å². The number of nitrogens with one attached hydrogen (secondary N) is 2. The summed E-state index contributed by atoms with van der Waals surface area (Å²) in [6.07, 6.45) is 0. The molecule has 0 bridgehead atoms. The summed E-state index contributed by atoms with van der Waals surface area (Å²) in [5.74, 6) is 1.09. The lowest BCUT2D eigenvalue weighted by Gasteiger charge is -2.36. The summed E-state index contributed by atoms with van der Waals surface area (Å²) in [5.41, 5.74) is 7.93. The van der Waals surface area contributed by atoms with Crippen LogP contribution in [0.4, 0.5) is 11.4 Å². The second kappa shape index (κ2) is 9.86. The fraction of sp³-hybridized carbons (Fsp3) is 0.103. The molecular weight excluding hydrogens is 555 g/mol. The van der Waals surface area contributed by atoms with Gasteiger partial charge in [0.1, 0.15) is 28.7 Å². The molecule has 1 fully saturated rings. The molecule has 11 heteroatoms. The number of hydrogen-bond acceptors (Lipinski definition) is 7. The SMILES string of the molecule is Nc1cc(Cl)c(N=C2NCCN2)c(Cl)c1.O=C1OC2(c3ccc(O)cc3Oc3cc(O)ccc32)c2ccccc21. The van der Waals surface area contributed by atoms with Gasteiger partial charge in [0, 0.05) is 47.6 Å². The maximum atomic E-state index is 12.5. The summed E-state index contributed by atoms with van der Waals surface area (Å²) >= 11 is 12.0. The first-order chi connectivity index (χ1) is 19.3. The van der Waals surface area contributed by atoms with Crippen LogP contribution in [0.5, 0.6) is 23.0 Å². The van der Waals surface area contributed by atoms with Crippen LogP contribution in [0.15, 0.2) is 77.8 Å². The summed E-state index contributed by atoms with van der Waals surface area (Å²) in [5, 5.41) is 26.7. The normalized spacial score (nSPS) is 15.3. The molecule has 0 aromatic heterocycles. The van der Waals surface area contributed by atoms with E-state index in [0.29, 0.717) is 61.1 Å². The number of nitrogen functional groups attached to an aromatic ring is 1. The van der Waals surface area contributed by atoms with Gasteiger partial charge in [-0.1, -0.05) is 41.4 Å². The number of guanidine groups is 1. The molecule has 1 saturated heterocycles. The van der Waals surface area contributed by atoms with Crippen molar-refractivity contribution < 1.29 is 24.5 Å². The third kappa shape index (κ3) is 4.29. The molecule has 0 amide bonds. The number of nitrogens with zero attached hydrogens (tertiary/aromatic N) is 1. The Hall–Kier alpha value is -4.60. The number of phenols is 2. The van der Waals surface area contributed by atoms with E-state index in [1.165, 1.54) is 24.3 Å². The predicted octanol–water partition coefficient (Wildman–Crippen LogP) is 5.42. The molecule has 40 heavy (non-hydrogen) atoms. The Morgan fingerprint density at radius 2 is 1.40 bits per heavy atom. The van der Waals surface area contributed by atoms with Crippen LogP contribution in [0.1, 0.15) is 27.0 Å². The van der Waals surface area contributed by atoms with Crippen LogP contribution < -0.4 is 21.1 Å². The van der Waals surface area contributed by atoms with E-state index in [4.69, 9.17) is 38.4 Å². The molecule has 0 aliphatic carbocycles.